The first-order valence-electron chi connectivity index (χ1n) is 8.56. The van der Waals surface area contributed by atoms with Gasteiger partial charge in [0.05, 0.1) is 11.7 Å². The molecule has 29 heavy (non-hydrogen) atoms. The smallest absolute Gasteiger partial charge is 0.333 e. The molecule has 144 valence electrons. The van der Waals surface area contributed by atoms with E-state index in [9.17, 15) is 19.5 Å². The van der Waals surface area contributed by atoms with Gasteiger partial charge in [0.25, 0.3) is 5.91 Å². The summed E-state index contributed by atoms with van der Waals surface area (Å²) in [4.78, 5) is 37.0. The molecule has 2 aromatic carbocycles. The van der Waals surface area contributed by atoms with Crippen LogP contribution in [0, 0.1) is 0 Å². The summed E-state index contributed by atoms with van der Waals surface area (Å²) in [6.45, 7) is 0. The number of nitrogens with zero attached hydrogens (tertiary/aromatic N) is 2. The summed E-state index contributed by atoms with van der Waals surface area (Å²) in [7, 11) is 0. The van der Waals surface area contributed by atoms with Crippen LogP contribution in [0.3, 0.4) is 0 Å². The van der Waals surface area contributed by atoms with Crippen LogP contribution < -0.4 is 15.3 Å². The minimum Gasteiger partial charge on any atom is -0.545 e. The Bertz CT molecular complexity index is 1150. The van der Waals surface area contributed by atoms with E-state index in [1.165, 1.54) is 12.1 Å². The Kier molecular flexibility index (Phi) is 4.66. The lowest BCUT2D eigenvalue weighted by atomic mass is 10.2. The van der Waals surface area contributed by atoms with E-state index in [1.54, 1.807) is 65.4 Å². The number of imide groups is 1. The number of urea groups is 1. The van der Waals surface area contributed by atoms with E-state index in [4.69, 9.17) is 11.6 Å². The molecule has 0 unspecified atom stereocenters. The molecule has 1 aromatic heterocycles. The number of hydrogen-bond donors (Lipinski definition) is 1. The summed E-state index contributed by atoms with van der Waals surface area (Å²) >= 11 is 5.86. The van der Waals surface area contributed by atoms with E-state index in [2.05, 4.69) is 5.32 Å². The Morgan fingerprint density at radius 3 is 2.28 bits per heavy atom. The van der Waals surface area contributed by atoms with Crippen LogP contribution in [0.25, 0.3) is 11.8 Å². The van der Waals surface area contributed by atoms with Crippen molar-refractivity contribution < 1.29 is 19.5 Å². The number of aromatic nitrogens is 1. The molecule has 1 saturated heterocycles. The van der Waals surface area contributed by atoms with E-state index in [1.807, 2.05) is 0 Å². The first-order chi connectivity index (χ1) is 13.9. The van der Waals surface area contributed by atoms with Gasteiger partial charge in [0.1, 0.15) is 5.70 Å². The van der Waals surface area contributed by atoms with Crippen molar-refractivity contribution in [2.75, 3.05) is 4.90 Å². The molecule has 0 aliphatic carbocycles. The average Bonchev–Trinajstić information content (AvgIpc) is 3.27. The monoisotopic (exact) mass is 406 g/mol. The fraction of sp³-hybridized carbons (Fsp3) is 0. The van der Waals surface area contributed by atoms with Crippen molar-refractivity contribution in [1.82, 2.24) is 9.88 Å². The minimum absolute atomic E-state index is 0.0673. The highest BCUT2D eigenvalue weighted by molar-refractivity contribution is 6.31. The highest BCUT2D eigenvalue weighted by Gasteiger charge is 2.35. The summed E-state index contributed by atoms with van der Waals surface area (Å²) in [5, 5.41) is 14.0. The normalized spacial score (nSPS) is 15.1. The highest BCUT2D eigenvalue weighted by atomic mass is 35.5. The molecule has 3 aromatic rings. The third-order valence-electron chi connectivity index (χ3n) is 4.42. The Morgan fingerprint density at radius 2 is 1.62 bits per heavy atom. The SMILES string of the molecule is O=C([O-])c1ccc(-n2cccc2C=C2NC(=O)N(c3ccc(Cl)cc3)C2=O)cc1. The molecular weight excluding hydrogens is 394 g/mol. The second-order valence-corrected chi connectivity index (χ2v) is 6.68. The molecule has 0 saturated carbocycles. The lowest BCUT2D eigenvalue weighted by molar-refractivity contribution is -0.255. The van der Waals surface area contributed by atoms with Crippen LogP contribution in [0.2, 0.25) is 5.02 Å². The number of carboxylic acids is 1. The van der Waals surface area contributed by atoms with Crippen LogP contribution >= 0.6 is 11.6 Å². The molecule has 0 radical (unpaired) electrons. The molecule has 0 atom stereocenters. The van der Waals surface area contributed by atoms with Gasteiger partial charge in [-0.1, -0.05) is 23.7 Å². The first kappa shape index (κ1) is 18.5. The summed E-state index contributed by atoms with van der Waals surface area (Å²) in [6, 6.07) is 15.5. The van der Waals surface area contributed by atoms with Crippen molar-refractivity contribution in [2.24, 2.45) is 0 Å². The molecule has 1 fully saturated rings. The largest absolute Gasteiger partial charge is 0.545 e. The molecule has 1 N–H and O–H groups in total. The van der Waals surface area contributed by atoms with Gasteiger partial charge < -0.3 is 19.8 Å². The van der Waals surface area contributed by atoms with Crippen LogP contribution in [0.15, 0.2) is 72.6 Å². The number of rotatable bonds is 4. The zero-order chi connectivity index (χ0) is 20.5. The number of carboxylic acid groups (broad SMARTS) is 1. The topological polar surface area (TPSA) is 94.5 Å². The van der Waals surface area contributed by atoms with E-state index in [-0.39, 0.29) is 11.3 Å². The maximum atomic E-state index is 12.8. The van der Waals surface area contributed by atoms with Gasteiger partial charge in [0.2, 0.25) is 0 Å². The zero-order valence-corrected chi connectivity index (χ0v) is 15.6. The summed E-state index contributed by atoms with van der Waals surface area (Å²) in [5.41, 5.74) is 1.92. The van der Waals surface area contributed by atoms with Crippen molar-refractivity contribution in [3.05, 3.63) is 88.8 Å². The van der Waals surface area contributed by atoms with E-state index in [0.717, 1.165) is 4.90 Å². The van der Waals surface area contributed by atoms with Gasteiger partial charge >= 0.3 is 6.03 Å². The molecule has 3 amide bonds. The Balaban J connectivity index is 1.65. The van der Waals surface area contributed by atoms with Gasteiger partial charge in [0, 0.05) is 22.6 Å². The van der Waals surface area contributed by atoms with Crippen molar-refractivity contribution in [3.8, 4) is 5.69 Å². The first-order valence-corrected chi connectivity index (χ1v) is 8.94. The van der Waals surface area contributed by atoms with E-state index in [0.29, 0.717) is 22.1 Å². The standard InChI is InChI=1S/C21H14ClN3O4/c22-14-5-9-16(10-6-14)25-19(26)18(23-21(25)29)12-17-2-1-11-24(17)15-7-3-13(4-8-15)20(27)28/h1-12H,(H,23,29)(H,27,28)/p-1. The molecule has 4 rings (SSSR count). The summed E-state index contributed by atoms with van der Waals surface area (Å²) < 4.78 is 1.76. The van der Waals surface area contributed by atoms with Gasteiger partial charge in [-0.2, -0.15) is 0 Å². The zero-order valence-electron chi connectivity index (χ0n) is 14.8. The predicted molar refractivity (Wildman–Crippen MR) is 106 cm³/mol. The average molecular weight is 407 g/mol. The fourth-order valence-corrected chi connectivity index (χ4v) is 3.14. The lowest BCUT2D eigenvalue weighted by Gasteiger charge is -2.11. The fourth-order valence-electron chi connectivity index (χ4n) is 3.01. The van der Waals surface area contributed by atoms with Crippen molar-refractivity contribution in [3.63, 3.8) is 0 Å². The van der Waals surface area contributed by atoms with Crippen LogP contribution in [-0.2, 0) is 4.79 Å². The number of amides is 3. The maximum absolute atomic E-state index is 12.8. The molecule has 1 aliphatic heterocycles. The third kappa shape index (κ3) is 3.51. The minimum atomic E-state index is -1.26. The number of aromatic carboxylic acids is 1. The Hall–Kier alpha value is -3.84. The highest BCUT2D eigenvalue weighted by Crippen LogP contribution is 2.24. The second-order valence-electron chi connectivity index (χ2n) is 6.24. The van der Waals surface area contributed by atoms with Gasteiger partial charge in [-0.25, -0.2) is 9.69 Å². The Morgan fingerprint density at radius 1 is 0.966 bits per heavy atom. The van der Waals surface area contributed by atoms with Crippen LogP contribution in [0.1, 0.15) is 16.1 Å². The quantitative estimate of drug-likeness (QED) is 0.532. The van der Waals surface area contributed by atoms with Crippen molar-refractivity contribution in [1.29, 1.82) is 0 Å². The predicted octanol–water partition coefficient (Wildman–Crippen LogP) is 2.59. The van der Waals surface area contributed by atoms with E-state index < -0.39 is 17.9 Å². The van der Waals surface area contributed by atoms with Crippen LogP contribution in [0.4, 0.5) is 10.5 Å². The Labute approximate surface area is 170 Å². The van der Waals surface area contributed by atoms with E-state index >= 15 is 0 Å². The van der Waals surface area contributed by atoms with Gasteiger partial charge in [-0.3, -0.25) is 4.79 Å². The van der Waals surface area contributed by atoms with Crippen LogP contribution in [-0.4, -0.2) is 22.5 Å². The maximum Gasteiger partial charge on any atom is 0.333 e. The molecule has 2 heterocycles. The van der Waals surface area contributed by atoms with Crippen molar-refractivity contribution in [2.45, 2.75) is 0 Å². The summed E-state index contributed by atoms with van der Waals surface area (Å²) in [5.74, 6) is -1.75. The molecule has 0 spiro atoms. The summed E-state index contributed by atoms with van der Waals surface area (Å²) in [6.07, 6.45) is 3.32. The lowest BCUT2D eigenvalue weighted by Crippen LogP contribution is -2.30. The number of anilines is 1. The second kappa shape index (κ2) is 7.29. The van der Waals surface area contributed by atoms with Crippen molar-refractivity contribution >= 4 is 41.3 Å². The van der Waals surface area contributed by atoms with Gasteiger partial charge in [-0.15, -0.1) is 0 Å². The third-order valence-corrected chi connectivity index (χ3v) is 4.67. The molecule has 1 aliphatic rings. The number of carbonyl (C=O) groups excluding carboxylic acids is 3. The molecule has 0 bridgehead atoms. The number of halogens is 1. The van der Waals surface area contributed by atoms with Gasteiger partial charge in [0.15, 0.2) is 0 Å². The number of hydrogen-bond acceptors (Lipinski definition) is 4. The number of nitrogens with one attached hydrogen (secondary N) is 1. The van der Waals surface area contributed by atoms with Crippen LogP contribution in [0.5, 0.6) is 0 Å². The number of carbonyl (C=O) groups is 3. The number of benzene rings is 2. The molecular formula is C21H13ClN3O4-. The molecule has 7 nitrogen and oxygen atoms in total. The van der Waals surface area contributed by atoms with Gasteiger partial charge in [-0.05, 0) is 60.2 Å². The molecule has 8 heteroatoms.